The van der Waals surface area contributed by atoms with Crippen molar-refractivity contribution in [2.24, 2.45) is 5.92 Å². The lowest BCUT2D eigenvalue weighted by Gasteiger charge is -2.21. The Morgan fingerprint density at radius 1 is 1.35 bits per heavy atom. The van der Waals surface area contributed by atoms with E-state index in [9.17, 15) is 9.50 Å². The summed E-state index contributed by atoms with van der Waals surface area (Å²) in [5.74, 6) is -0.138. The summed E-state index contributed by atoms with van der Waals surface area (Å²) in [5.41, 5.74) is 6.23. The predicted molar refractivity (Wildman–Crippen MR) is 69.4 cm³/mol. The van der Waals surface area contributed by atoms with Gasteiger partial charge >= 0.3 is 0 Å². The number of hydrogen-bond donors (Lipinski definition) is 3. The van der Waals surface area contributed by atoms with Gasteiger partial charge in [-0.05, 0) is 24.1 Å². The van der Waals surface area contributed by atoms with Crippen LogP contribution in [0.1, 0.15) is 26.7 Å². The van der Waals surface area contributed by atoms with Gasteiger partial charge in [-0.1, -0.05) is 26.7 Å². The zero-order chi connectivity index (χ0) is 12.8. The Balaban J connectivity index is 2.55. The molecule has 1 unspecified atom stereocenters. The summed E-state index contributed by atoms with van der Waals surface area (Å²) in [6.45, 7) is 4.44. The fourth-order valence-corrected chi connectivity index (χ4v) is 1.89. The molecule has 0 heterocycles. The summed E-state index contributed by atoms with van der Waals surface area (Å²) in [5, 5.41) is 12.8. The molecule has 0 saturated heterocycles. The van der Waals surface area contributed by atoms with Gasteiger partial charge in [-0.2, -0.15) is 0 Å². The van der Waals surface area contributed by atoms with Crippen LogP contribution >= 0.6 is 0 Å². The van der Waals surface area contributed by atoms with Crippen molar-refractivity contribution in [1.82, 2.24) is 0 Å². The number of aliphatic hydroxyl groups is 1. The fraction of sp³-hybridized carbons (Fsp3) is 0.538. The summed E-state index contributed by atoms with van der Waals surface area (Å²) < 4.78 is 13.4. The molecule has 1 aromatic rings. The molecular formula is C13H21FN2O. The Bertz CT molecular complexity index is 353. The van der Waals surface area contributed by atoms with Crippen LogP contribution in [0.4, 0.5) is 15.8 Å². The number of hydrogen-bond acceptors (Lipinski definition) is 3. The molecule has 1 aromatic carbocycles. The van der Waals surface area contributed by atoms with Gasteiger partial charge in [-0.3, -0.25) is 0 Å². The highest BCUT2D eigenvalue weighted by Gasteiger charge is 2.15. The topological polar surface area (TPSA) is 58.3 Å². The SMILES string of the molecule is CCC(CC)C(O)CNc1ccc(N)cc1F. The van der Waals surface area contributed by atoms with E-state index >= 15 is 0 Å². The summed E-state index contributed by atoms with van der Waals surface area (Å²) in [4.78, 5) is 0. The van der Waals surface area contributed by atoms with Gasteiger partial charge in [0.25, 0.3) is 0 Å². The van der Waals surface area contributed by atoms with Gasteiger partial charge < -0.3 is 16.2 Å². The summed E-state index contributed by atoms with van der Waals surface area (Å²) >= 11 is 0. The van der Waals surface area contributed by atoms with Crippen molar-refractivity contribution in [2.75, 3.05) is 17.6 Å². The number of halogens is 1. The maximum absolute atomic E-state index is 13.4. The van der Waals surface area contributed by atoms with E-state index in [1.165, 1.54) is 6.07 Å². The molecule has 0 bridgehead atoms. The second kappa shape index (κ2) is 6.45. The minimum atomic E-state index is -0.457. The number of benzene rings is 1. The third-order valence-corrected chi connectivity index (χ3v) is 3.09. The molecule has 0 aliphatic carbocycles. The molecule has 0 spiro atoms. The lowest BCUT2D eigenvalue weighted by Crippen LogP contribution is -2.27. The van der Waals surface area contributed by atoms with Gasteiger partial charge in [0.15, 0.2) is 0 Å². The highest BCUT2D eigenvalue weighted by molar-refractivity contribution is 5.52. The average molecular weight is 240 g/mol. The zero-order valence-corrected chi connectivity index (χ0v) is 10.4. The molecule has 0 saturated carbocycles. The van der Waals surface area contributed by atoms with E-state index in [0.29, 0.717) is 17.9 Å². The van der Waals surface area contributed by atoms with Crippen molar-refractivity contribution < 1.29 is 9.50 Å². The molecule has 1 atom stereocenters. The fourth-order valence-electron chi connectivity index (χ4n) is 1.89. The molecule has 0 fully saturated rings. The van der Waals surface area contributed by atoms with E-state index in [1.54, 1.807) is 12.1 Å². The van der Waals surface area contributed by atoms with Crippen LogP contribution in [0, 0.1) is 11.7 Å². The molecule has 1 rings (SSSR count). The summed E-state index contributed by atoms with van der Waals surface area (Å²) in [7, 11) is 0. The van der Waals surface area contributed by atoms with Crippen LogP contribution in [0.2, 0.25) is 0 Å². The third kappa shape index (κ3) is 3.89. The summed E-state index contributed by atoms with van der Waals surface area (Å²) in [6.07, 6.45) is 1.38. The standard InChI is InChI=1S/C13H21FN2O/c1-3-9(4-2)13(17)8-16-12-6-5-10(15)7-11(12)14/h5-7,9,13,16-17H,3-4,8,15H2,1-2H3. The third-order valence-electron chi connectivity index (χ3n) is 3.09. The van der Waals surface area contributed by atoms with E-state index < -0.39 is 6.10 Å². The van der Waals surface area contributed by atoms with Crippen LogP contribution in [0.3, 0.4) is 0 Å². The van der Waals surface area contributed by atoms with Crippen molar-refractivity contribution in [3.05, 3.63) is 24.0 Å². The molecule has 0 amide bonds. The molecular weight excluding hydrogens is 219 g/mol. The van der Waals surface area contributed by atoms with Crippen LogP contribution in [0.15, 0.2) is 18.2 Å². The number of nitrogen functional groups attached to an aromatic ring is 1. The second-order valence-corrected chi connectivity index (χ2v) is 4.26. The second-order valence-electron chi connectivity index (χ2n) is 4.26. The minimum absolute atomic E-state index is 0.249. The van der Waals surface area contributed by atoms with E-state index in [-0.39, 0.29) is 11.7 Å². The minimum Gasteiger partial charge on any atom is -0.399 e. The Hall–Kier alpha value is -1.29. The van der Waals surface area contributed by atoms with Gasteiger partial charge in [-0.15, -0.1) is 0 Å². The first-order chi connectivity index (χ1) is 8.08. The van der Waals surface area contributed by atoms with Crippen molar-refractivity contribution in [2.45, 2.75) is 32.8 Å². The number of aliphatic hydroxyl groups excluding tert-OH is 1. The van der Waals surface area contributed by atoms with Crippen molar-refractivity contribution >= 4 is 11.4 Å². The van der Waals surface area contributed by atoms with E-state index in [4.69, 9.17) is 5.73 Å². The van der Waals surface area contributed by atoms with Gasteiger partial charge in [0.2, 0.25) is 0 Å². The van der Waals surface area contributed by atoms with Crippen molar-refractivity contribution in [1.29, 1.82) is 0 Å². The Labute approximate surface area is 102 Å². The van der Waals surface area contributed by atoms with Crippen LogP contribution in [0.25, 0.3) is 0 Å². The first-order valence-electron chi connectivity index (χ1n) is 6.05. The van der Waals surface area contributed by atoms with E-state index in [0.717, 1.165) is 12.8 Å². The number of anilines is 2. The van der Waals surface area contributed by atoms with Crippen LogP contribution in [0.5, 0.6) is 0 Å². The lowest BCUT2D eigenvalue weighted by atomic mass is 9.96. The van der Waals surface area contributed by atoms with Crippen molar-refractivity contribution in [3.8, 4) is 0 Å². The maximum Gasteiger partial charge on any atom is 0.148 e. The van der Waals surface area contributed by atoms with Crippen LogP contribution in [-0.4, -0.2) is 17.8 Å². The van der Waals surface area contributed by atoms with Crippen LogP contribution < -0.4 is 11.1 Å². The predicted octanol–water partition coefficient (Wildman–Crippen LogP) is 2.62. The molecule has 0 aliphatic heterocycles. The molecule has 0 aromatic heterocycles. The van der Waals surface area contributed by atoms with Gasteiger partial charge in [0, 0.05) is 12.2 Å². The van der Waals surface area contributed by atoms with Gasteiger partial charge in [0.1, 0.15) is 5.82 Å². The molecule has 96 valence electrons. The molecule has 4 N–H and O–H groups in total. The molecule has 0 radical (unpaired) electrons. The number of rotatable bonds is 6. The largest absolute Gasteiger partial charge is 0.399 e. The number of nitrogens with one attached hydrogen (secondary N) is 1. The quantitative estimate of drug-likeness (QED) is 0.670. The first kappa shape index (κ1) is 13.8. The summed E-state index contributed by atoms with van der Waals surface area (Å²) in [6, 6.07) is 4.49. The molecule has 17 heavy (non-hydrogen) atoms. The maximum atomic E-state index is 13.4. The Morgan fingerprint density at radius 2 is 2.00 bits per heavy atom. The molecule has 0 aliphatic rings. The molecule has 4 heteroatoms. The first-order valence-corrected chi connectivity index (χ1v) is 6.05. The number of nitrogens with two attached hydrogens (primary N) is 1. The highest BCUT2D eigenvalue weighted by Crippen LogP contribution is 2.18. The average Bonchev–Trinajstić information content (AvgIpc) is 2.29. The lowest BCUT2D eigenvalue weighted by molar-refractivity contribution is 0.114. The monoisotopic (exact) mass is 240 g/mol. The highest BCUT2D eigenvalue weighted by atomic mass is 19.1. The van der Waals surface area contributed by atoms with E-state index in [2.05, 4.69) is 5.32 Å². The molecule has 3 nitrogen and oxygen atoms in total. The Morgan fingerprint density at radius 3 is 2.53 bits per heavy atom. The van der Waals surface area contributed by atoms with E-state index in [1.807, 2.05) is 13.8 Å². The Kier molecular flexibility index (Phi) is 5.22. The van der Waals surface area contributed by atoms with Crippen LogP contribution in [-0.2, 0) is 0 Å². The zero-order valence-electron chi connectivity index (χ0n) is 10.4. The smallest absolute Gasteiger partial charge is 0.148 e. The van der Waals surface area contributed by atoms with Crippen molar-refractivity contribution in [3.63, 3.8) is 0 Å². The van der Waals surface area contributed by atoms with Gasteiger partial charge in [-0.25, -0.2) is 4.39 Å². The van der Waals surface area contributed by atoms with Gasteiger partial charge in [0.05, 0.1) is 11.8 Å². The normalized spacial score (nSPS) is 12.8.